The van der Waals surface area contributed by atoms with E-state index in [4.69, 9.17) is 14.6 Å². The molecule has 1 aromatic carbocycles. The van der Waals surface area contributed by atoms with Gasteiger partial charge in [-0.25, -0.2) is 4.98 Å². The molecular weight excluding hydrogens is 519 g/mol. The zero-order chi connectivity index (χ0) is 28.3. The number of nitrogens with one attached hydrogen (secondary N) is 1. The molecule has 10 nitrogen and oxygen atoms in total. The van der Waals surface area contributed by atoms with Crippen LogP contribution in [0.5, 0.6) is 11.5 Å². The van der Waals surface area contributed by atoms with Gasteiger partial charge in [-0.1, -0.05) is 12.1 Å². The van der Waals surface area contributed by atoms with Gasteiger partial charge in [0.05, 0.1) is 19.3 Å². The van der Waals surface area contributed by atoms with Crippen molar-refractivity contribution in [3.8, 4) is 11.5 Å². The summed E-state index contributed by atoms with van der Waals surface area (Å²) in [6, 6.07) is 7.11. The fourth-order valence-electron chi connectivity index (χ4n) is 4.79. The molecule has 1 amide bonds. The Bertz CT molecular complexity index is 1380. The third-order valence-corrected chi connectivity index (χ3v) is 6.97. The van der Waals surface area contributed by atoms with Gasteiger partial charge in [0.1, 0.15) is 23.6 Å². The molecule has 39 heavy (non-hydrogen) atoms. The Morgan fingerprint density at radius 1 is 1.21 bits per heavy atom. The van der Waals surface area contributed by atoms with E-state index in [0.717, 1.165) is 5.56 Å². The first-order valence-electron chi connectivity index (χ1n) is 12.6. The highest BCUT2D eigenvalue weighted by molar-refractivity contribution is 5.85. The lowest BCUT2D eigenvalue weighted by Crippen LogP contribution is -2.45. The molecule has 0 atom stereocenters. The van der Waals surface area contributed by atoms with E-state index in [2.05, 4.69) is 10.3 Å². The van der Waals surface area contributed by atoms with E-state index in [1.165, 1.54) is 4.57 Å². The largest absolute Gasteiger partial charge is 0.497 e. The van der Waals surface area contributed by atoms with Gasteiger partial charge in [-0.3, -0.25) is 14.2 Å². The Morgan fingerprint density at radius 3 is 2.46 bits per heavy atom. The SMILES string of the molecule is COc1ccc(Cn2c(C)nc3c(c(OCC(F)(F)F)c(CNC4CCN(C(=O)CO)CC4)n3C)c2=O)cc1. The van der Waals surface area contributed by atoms with Crippen LogP contribution in [0.2, 0.25) is 0 Å². The maximum Gasteiger partial charge on any atom is 0.422 e. The minimum absolute atomic E-state index is 0.0114. The lowest BCUT2D eigenvalue weighted by Gasteiger charge is -2.32. The average molecular weight is 552 g/mol. The molecule has 2 N–H and O–H groups in total. The topological polar surface area (TPSA) is 111 Å². The molecule has 1 aliphatic rings. The zero-order valence-corrected chi connectivity index (χ0v) is 22.0. The van der Waals surface area contributed by atoms with E-state index >= 15 is 0 Å². The highest BCUT2D eigenvalue weighted by atomic mass is 19.4. The van der Waals surface area contributed by atoms with Crippen LogP contribution in [0.15, 0.2) is 29.1 Å². The van der Waals surface area contributed by atoms with E-state index in [9.17, 15) is 22.8 Å². The number of methoxy groups -OCH3 is 1. The number of fused-ring (bicyclic) bond motifs is 1. The lowest BCUT2D eigenvalue weighted by atomic mass is 10.0. The summed E-state index contributed by atoms with van der Waals surface area (Å²) in [4.78, 5) is 31.5. The number of carbonyl (C=O) groups excluding carboxylic acids is 1. The van der Waals surface area contributed by atoms with Gasteiger partial charge in [-0.2, -0.15) is 13.2 Å². The molecule has 2 aromatic heterocycles. The van der Waals surface area contributed by atoms with Crippen molar-refractivity contribution >= 4 is 16.9 Å². The van der Waals surface area contributed by atoms with Crippen LogP contribution in [0, 0.1) is 6.92 Å². The van der Waals surface area contributed by atoms with Crippen LogP contribution in [-0.4, -0.2) is 75.7 Å². The third-order valence-electron chi connectivity index (χ3n) is 6.97. The molecule has 0 spiro atoms. The molecule has 0 aliphatic carbocycles. The number of likely N-dealkylation sites (tertiary alicyclic amines) is 1. The van der Waals surface area contributed by atoms with E-state index < -0.39 is 24.9 Å². The average Bonchev–Trinajstić information content (AvgIpc) is 3.18. The first kappa shape index (κ1) is 28.4. The second kappa shape index (κ2) is 11.7. The number of aliphatic hydroxyl groups excluding tert-OH is 1. The lowest BCUT2D eigenvalue weighted by molar-refractivity contribution is -0.153. The highest BCUT2D eigenvalue weighted by Gasteiger charge is 2.32. The number of alkyl halides is 3. The van der Waals surface area contributed by atoms with E-state index in [0.29, 0.717) is 43.2 Å². The maximum atomic E-state index is 13.7. The van der Waals surface area contributed by atoms with Crippen molar-refractivity contribution in [1.29, 1.82) is 0 Å². The first-order chi connectivity index (χ1) is 18.5. The summed E-state index contributed by atoms with van der Waals surface area (Å²) in [5.41, 5.74) is 0.905. The number of benzene rings is 1. The number of amides is 1. The van der Waals surface area contributed by atoms with Gasteiger partial charge in [0.25, 0.3) is 5.56 Å². The predicted molar refractivity (Wildman–Crippen MR) is 137 cm³/mol. The smallest absolute Gasteiger partial charge is 0.422 e. The van der Waals surface area contributed by atoms with Crippen molar-refractivity contribution in [2.45, 2.75) is 45.1 Å². The second-order valence-corrected chi connectivity index (χ2v) is 9.53. The van der Waals surface area contributed by atoms with Gasteiger partial charge < -0.3 is 29.4 Å². The Hall–Kier alpha value is -3.58. The van der Waals surface area contributed by atoms with Crippen LogP contribution >= 0.6 is 0 Å². The van der Waals surface area contributed by atoms with Gasteiger partial charge in [-0.05, 0) is 37.5 Å². The maximum absolute atomic E-state index is 13.7. The summed E-state index contributed by atoms with van der Waals surface area (Å²) < 4.78 is 53.0. The van der Waals surface area contributed by atoms with Crippen LogP contribution in [0.1, 0.15) is 29.9 Å². The summed E-state index contributed by atoms with van der Waals surface area (Å²) in [6.45, 7) is 0.802. The molecule has 0 radical (unpaired) electrons. The second-order valence-electron chi connectivity index (χ2n) is 9.53. The number of rotatable bonds is 9. The summed E-state index contributed by atoms with van der Waals surface area (Å²) in [5.74, 6) is 0.584. The Morgan fingerprint density at radius 2 is 1.87 bits per heavy atom. The predicted octanol–water partition coefficient (Wildman–Crippen LogP) is 2.11. The third kappa shape index (κ3) is 6.36. The summed E-state index contributed by atoms with van der Waals surface area (Å²) in [7, 11) is 3.19. The van der Waals surface area contributed by atoms with Crippen LogP contribution in [0.25, 0.3) is 11.0 Å². The number of carbonyl (C=O) groups is 1. The number of ether oxygens (including phenoxy) is 2. The molecule has 1 fully saturated rings. The molecule has 0 bridgehead atoms. The molecule has 13 heteroatoms. The van der Waals surface area contributed by atoms with Crippen molar-refractivity contribution < 1.29 is 32.5 Å². The number of hydrogen-bond donors (Lipinski definition) is 2. The van der Waals surface area contributed by atoms with E-state index in [1.807, 2.05) is 0 Å². The molecule has 0 saturated carbocycles. The van der Waals surface area contributed by atoms with Crippen molar-refractivity contribution in [2.24, 2.45) is 7.05 Å². The molecular formula is C26H32F3N5O5. The normalized spacial score (nSPS) is 14.7. The molecule has 4 rings (SSSR count). The quantitative estimate of drug-likeness (QED) is 0.419. The number of hydrogen-bond acceptors (Lipinski definition) is 7. The Labute approximate surface area is 222 Å². The minimum Gasteiger partial charge on any atom is -0.497 e. The zero-order valence-electron chi connectivity index (χ0n) is 22.0. The van der Waals surface area contributed by atoms with Gasteiger partial charge >= 0.3 is 6.18 Å². The molecule has 1 saturated heterocycles. The van der Waals surface area contributed by atoms with Crippen molar-refractivity contribution in [1.82, 2.24) is 24.3 Å². The van der Waals surface area contributed by atoms with Gasteiger partial charge in [0.15, 0.2) is 18.0 Å². The monoisotopic (exact) mass is 551 g/mol. The number of aromatic nitrogens is 3. The molecule has 1 aliphatic heterocycles. The fraction of sp³-hybridized carbons (Fsp3) is 0.500. The van der Waals surface area contributed by atoms with E-state index in [1.54, 1.807) is 54.8 Å². The Balaban J connectivity index is 1.66. The molecule has 0 unspecified atom stereocenters. The number of nitrogens with zero attached hydrogens (tertiary/aromatic N) is 4. The fourth-order valence-corrected chi connectivity index (χ4v) is 4.79. The van der Waals surface area contributed by atoms with Gasteiger partial charge in [-0.15, -0.1) is 0 Å². The molecule has 3 aromatic rings. The standard InChI is InChI=1S/C26H32F3N5O5/c1-16-31-24-22(25(37)34(16)13-17-4-6-19(38-3)7-5-17)23(39-15-26(27,28)29)20(32(24)2)12-30-18-8-10-33(11-9-18)21(36)14-35/h4-7,18,30,35H,8-15H2,1-3H3. The van der Waals surface area contributed by atoms with Crippen LogP contribution in [0.4, 0.5) is 13.2 Å². The van der Waals surface area contributed by atoms with Gasteiger partial charge in [0.2, 0.25) is 5.91 Å². The van der Waals surface area contributed by atoms with Crippen molar-refractivity contribution in [3.63, 3.8) is 0 Å². The minimum atomic E-state index is -4.60. The number of aryl methyl sites for hydroxylation is 2. The van der Waals surface area contributed by atoms with Crippen molar-refractivity contribution in [2.75, 3.05) is 33.4 Å². The summed E-state index contributed by atoms with van der Waals surface area (Å²) >= 11 is 0. The van der Waals surface area contributed by atoms with Gasteiger partial charge in [0, 0.05) is 32.7 Å². The number of halogens is 3. The summed E-state index contributed by atoms with van der Waals surface area (Å²) in [5, 5.41) is 12.4. The first-order valence-corrected chi connectivity index (χ1v) is 12.6. The van der Waals surface area contributed by atoms with Crippen LogP contribution in [0.3, 0.4) is 0 Å². The van der Waals surface area contributed by atoms with Crippen LogP contribution in [-0.2, 0) is 24.9 Å². The molecule has 3 heterocycles. The van der Waals surface area contributed by atoms with Crippen molar-refractivity contribution in [3.05, 3.63) is 51.7 Å². The summed E-state index contributed by atoms with van der Waals surface area (Å²) in [6.07, 6.45) is -3.37. The Kier molecular flexibility index (Phi) is 8.50. The number of aliphatic hydroxyl groups is 1. The molecule has 212 valence electrons. The van der Waals surface area contributed by atoms with Crippen LogP contribution < -0.4 is 20.3 Å². The highest BCUT2D eigenvalue weighted by Crippen LogP contribution is 2.32. The van der Waals surface area contributed by atoms with E-state index in [-0.39, 0.29) is 41.8 Å². The number of piperidine rings is 1.